The highest BCUT2D eigenvalue weighted by molar-refractivity contribution is 9.10. The first-order valence-corrected chi connectivity index (χ1v) is 7.74. The summed E-state index contributed by atoms with van der Waals surface area (Å²) >= 11 is 15.0. The van der Waals surface area contributed by atoms with Gasteiger partial charge in [0.15, 0.2) is 0 Å². The lowest BCUT2D eigenvalue weighted by molar-refractivity contribution is 0.0911. The Balaban J connectivity index is 2.21. The molecule has 0 aliphatic heterocycles. The number of aromatic nitrogens is 1. The van der Waals surface area contributed by atoms with Crippen molar-refractivity contribution in [1.29, 1.82) is 0 Å². The summed E-state index contributed by atoms with van der Waals surface area (Å²) in [6.07, 6.45) is 1.40. The average Bonchev–Trinajstić information content (AvgIpc) is 2.41. The van der Waals surface area contributed by atoms with Gasteiger partial charge in [0, 0.05) is 10.7 Å². The number of benzene rings is 1. The Morgan fingerprint density at radius 1 is 1.24 bits per heavy atom. The first-order valence-electron chi connectivity index (χ1n) is 6.19. The summed E-state index contributed by atoms with van der Waals surface area (Å²) in [5.41, 5.74) is 0.839. The molecule has 1 N–H and O–H groups in total. The van der Waals surface area contributed by atoms with Gasteiger partial charge in [-0.25, -0.2) is 4.98 Å². The van der Waals surface area contributed by atoms with Gasteiger partial charge in [0.05, 0.1) is 16.1 Å². The molecule has 3 nitrogen and oxygen atoms in total. The maximum Gasteiger partial charge on any atom is 0.253 e. The molecular weight excluding hydrogens is 375 g/mol. The third kappa shape index (κ3) is 3.96. The predicted octanol–water partition coefficient (Wildman–Crippen LogP) is 4.82. The minimum atomic E-state index is -0.524. The Bertz CT molecular complexity index is 672. The molecule has 0 fully saturated rings. The van der Waals surface area contributed by atoms with E-state index in [9.17, 15) is 4.79 Å². The summed E-state index contributed by atoms with van der Waals surface area (Å²) < 4.78 is 0.988. The highest BCUT2D eigenvalue weighted by atomic mass is 79.9. The number of halogens is 3. The lowest BCUT2D eigenvalue weighted by atomic mass is 9.94. The number of rotatable bonds is 3. The molecule has 110 valence electrons. The Morgan fingerprint density at radius 2 is 1.86 bits per heavy atom. The molecule has 0 saturated carbocycles. The topological polar surface area (TPSA) is 42.0 Å². The second-order valence-electron chi connectivity index (χ2n) is 5.08. The molecule has 1 aromatic carbocycles. The highest BCUT2D eigenvalue weighted by Gasteiger charge is 2.23. The van der Waals surface area contributed by atoms with Crippen molar-refractivity contribution in [3.8, 4) is 0 Å². The zero-order valence-electron chi connectivity index (χ0n) is 11.5. The monoisotopic (exact) mass is 386 g/mol. The number of carbonyl (C=O) groups excluding carboxylic acids is 1. The third-order valence-electron chi connectivity index (χ3n) is 3.05. The van der Waals surface area contributed by atoms with Crippen molar-refractivity contribution in [2.45, 2.75) is 19.4 Å². The fraction of sp³-hybridized carbons (Fsp3) is 0.200. The summed E-state index contributed by atoms with van der Waals surface area (Å²) in [4.78, 5) is 16.2. The molecule has 0 atom stereocenters. The number of amides is 1. The van der Waals surface area contributed by atoms with Crippen molar-refractivity contribution in [2.24, 2.45) is 0 Å². The van der Waals surface area contributed by atoms with E-state index >= 15 is 0 Å². The highest BCUT2D eigenvalue weighted by Crippen LogP contribution is 2.24. The molecule has 0 unspecified atom stereocenters. The molecule has 6 heteroatoms. The van der Waals surface area contributed by atoms with Gasteiger partial charge in [0.1, 0.15) is 5.15 Å². The standard InChI is InChI=1S/C15H13BrCl2N2O/c1-15(2,10-3-5-11(16)6-4-10)20-14(21)9-7-12(17)13(18)19-8-9/h3-8H,1-2H3,(H,20,21). The van der Waals surface area contributed by atoms with E-state index in [1.165, 1.54) is 12.3 Å². The van der Waals surface area contributed by atoms with Crippen LogP contribution in [0.3, 0.4) is 0 Å². The summed E-state index contributed by atoms with van der Waals surface area (Å²) in [5, 5.41) is 3.40. The summed E-state index contributed by atoms with van der Waals surface area (Å²) in [5.74, 6) is -0.256. The van der Waals surface area contributed by atoms with Gasteiger partial charge in [-0.1, -0.05) is 51.3 Å². The third-order valence-corrected chi connectivity index (χ3v) is 4.27. The molecule has 1 heterocycles. The summed E-state index contributed by atoms with van der Waals surface area (Å²) in [7, 11) is 0. The van der Waals surface area contributed by atoms with Crippen LogP contribution in [-0.2, 0) is 5.54 Å². The molecule has 0 radical (unpaired) electrons. The van der Waals surface area contributed by atoms with Gasteiger partial charge in [-0.15, -0.1) is 0 Å². The van der Waals surface area contributed by atoms with Gasteiger partial charge >= 0.3 is 0 Å². The average molecular weight is 388 g/mol. The lowest BCUT2D eigenvalue weighted by Crippen LogP contribution is -2.41. The zero-order valence-corrected chi connectivity index (χ0v) is 14.6. The number of carbonyl (C=O) groups is 1. The van der Waals surface area contributed by atoms with E-state index in [0.29, 0.717) is 5.56 Å². The van der Waals surface area contributed by atoms with Gasteiger partial charge in [0.25, 0.3) is 5.91 Å². The fourth-order valence-corrected chi connectivity index (χ4v) is 2.37. The zero-order chi connectivity index (χ0) is 15.6. The van der Waals surface area contributed by atoms with Gasteiger partial charge in [0.2, 0.25) is 0 Å². The summed E-state index contributed by atoms with van der Waals surface area (Å²) in [6.45, 7) is 3.86. The molecule has 0 bridgehead atoms. The Morgan fingerprint density at radius 3 is 2.43 bits per heavy atom. The van der Waals surface area contributed by atoms with E-state index in [4.69, 9.17) is 23.2 Å². The van der Waals surface area contributed by atoms with Gasteiger partial charge in [-0.2, -0.15) is 0 Å². The minimum Gasteiger partial charge on any atom is -0.343 e. The molecule has 0 saturated heterocycles. The van der Waals surface area contributed by atoms with Crippen molar-refractivity contribution < 1.29 is 4.79 Å². The van der Waals surface area contributed by atoms with Crippen LogP contribution in [-0.4, -0.2) is 10.9 Å². The van der Waals surface area contributed by atoms with Gasteiger partial charge < -0.3 is 5.32 Å². The fourth-order valence-electron chi connectivity index (χ4n) is 1.84. The minimum absolute atomic E-state index is 0.181. The Kier molecular flexibility index (Phi) is 4.91. The second-order valence-corrected chi connectivity index (χ2v) is 6.76. The van der Waals surface area contributed by atoms with Crippen LogP contribution in [0, 0.1) is 0 Å². The van der Waals surface area contributed by atoms with Crippen molar-refractivity contribution in [2.75, 3.05) is 0 Å². The van der Waals surface area contributed by atoms with Crippen LogP contribution in [0.4, 0.5) is 0 Å². The molecule has 0 aliphatic carbocycles. The number of hydrogen-bond acceptors (Lipinski definition) is 2. The van der Waals surface area contributed by atoms with Crippen molar-refractivity contribution in [3.63, 3.8) is 0 Å². The first kappa shape index (κ1) is 16.3. The second kappa shape index (κ2) is 6.34. The number of hydrogen-bond donors (Lipinski definition) is 1. The van der Waals surface area contributed by atoms with E-state index in [2.05, 4.69) is 26.2 Å². The van der Waals surface area contributed by atoms with Crippen LogP contribution in [0.25, 0.3) is 0 Å². The largest absolute Gasteiger partial charge is 0.343 e. The number of pyridine rings is 1. The summed E-state index contributed by atoms with van der Waals surface area (Å²) in [6, 6.07) is 9.28. The van der Waals surface area contributed by atoms with Crippen molar-refractivity contribution >= 4 is 45.0 Å². The van der Waals surface area contributed by atoms with Crippen LogP contribution in [0.1, 0.15) is 29.8 Å². The van der Waals surface area contributed by atoms with Crippen LogP contribution >= 0.6 is 39.1 Å². The lowest BCUT2D eigenvalue weighted by Gasteiger charge is -2.27. The van der Waals surface area contributed by atoms with E-state index in [1.54, 1.807) is 0 Å². The van der Waals surface area contributed by atoms with Gasteiger partial charge in [-0.05, 0) is 37.6 Å². The number of nitrogens with one attached hydrogen (secondary N) is 1. The number of nitrogens with zero attached hydrogens (tertiary/aromatic N) is 1. The van der Waals surface area contributed by atoms with E-state index in [-0.39, 0.29) is 16.1 Å². The Labute approximate surface area is 141 Å². The normalized spacial score (nSPS) is 11.3. The van der Waals surface area contributed by atoms with E-state index in [0.717, 1.165) is 10.0 Å². The maximum atomic E-state index is 12.3. The molecule has 0 aliphatic rings. The molecule has 21 heavy (non-hydrogen) atoms. The first-order chi connectivity index (χ1) is 9.79. The van der Waals surface area contributed by atoms with Crippen LogP contribution < -0.4 is 5.32 Å². The quantitative estimate of drug-likeness (QED) is 0.767. The van der Waals surface area contributed by atoms with Crippen LogP contribution in [0.15, 0.2) is 41.0 Å². The molecule has 2 aromatic rings. The molecule has 1 aromatic heterocycles. The molecule has 1 amide bonds. The smallest absolute Gasteiger partial charge is 0.253 e. The van der Waals surface area contributed by atoms with Crippen LogP contribution in [0.2, 0.25) is 10.2 Å². The SMILES string of the molecule is CC(C)(NC(=O)c1cnc(Cl)c(Cl)c1)c1ccc(Br)cc1. The molecule has 0 spiro atoms. The Hall–Kier alpha value is -1.10. The van der Waals surface area contributed by atoms with Crippen molar-refractivity contribution in [1.82, 2.24) is 10.3 Å². The predicted molar refractivity (Wildman–Crippen MR) is 88.9 cm³/mol. The maximum absolute atomic E-state index is 12.3. The van der Waals surface area contributed by atoms with Crippen molar-refractivity contribution in [3.05, 3.63) is 62.3 Å². The van der Waals surface area contributed by atoms with Gasteiger partial charge in [-0.3, -0.25) is 4.79 Å². The molecular formula is C15H13BrCl2N2O. The van der Waals surface area contributed by atoms with E-state index in [1.807, 2.05) is 38.1 Å². The van der Waals surface area contributed by atoms with E-state index < -0.39 is 5.54 Å². The van der Waals surface area contributed by atoms with Crippen LogP contribution in [0.5, 0.6) is 0 Å². The molecule has 2 rings (SSSR count).